The quantitative estimate of drug-likeness (QED) is 0.708. The molecule has 0 fully saturated rings. The normalized spacial score (nSPS) is 20.5. The van der Waals surface area contributed by atoms with Crippen molar-refractivity contribution in [2.75, 3.05) is 0 Å². The minimum absolute atomic E-state index is 0.348. The lowest BCUT2D eigenvalue weighted by atomic mass is 10.3. The van der Waals surface area contributed by atoms with E-state index in [1.165, 1.54) is 6.20 Å². The van der Waals surface area contributed by atoms with Gasteiger partial charge in [-0.15, -0.1) is 5.11 Å². The van der Waals surface area contributed by atoms with Gasteiger partial charge in [0.1, 0.15) is 0 Å². The third-order valence-corrected chi connectivity index (χ3v) is 1.71. The van der Waals surface area contributed by atoms with E-state index in [2.05, 4.69) is 20.2 Å². The molecule has 1 aromatic rings. The first-order valence-corrected chi connectivity index (χ1v) is 4.04. The lowest BCUT2D eigenvalue weighted by Gasteiger charge is -2.01. The maximum absolute atomic E-state index is 12.1. The molecule has 7 heteroatoms. The van der Waals surface area contributed by atoms with Crippen LogP contribution in [0, 0.1) is 0 Å². The summed E-state index contributed by atoms with van der Waals surface area (Å²) in [5, 5.41) is 6.37. The van der Waals surface area contributed by atoms with Gasteiger partial charge in [-0.3, -0.25) is 4.98 Å². The largest absolute Gasteiger partial charge is 0.453 e. The third kappa shape index (κ3) is 2.00. The lowest BCUT2D eigenvalue weighted by Crippen LogP contribution is -2.19. The van der Waals surface area contributed by atoms with E-state index in [1.54, 1.807) is 18.2 Å². The molecule has 0 saturated heterocycles. The van der Waals surface area contributed by atoms with E-state index in [9.17, 15) is 13.2 Å². The molecule has 0 amide bonds. The van der Waals surface area contributed by atoms with E-state index in [1.807, 2.05) is 0 Å². The summed E-state index contributed by atoms with van der Waals surface area (Å²) in [6.07, 6.45) is -4.05. The average molecular weight is 214 g/mol. The zero-order valence-corrected chi connectivity index (χ0v) is 7.31. The highest BCUT2D eigenvalue weighted by Gasteiger charge is 2.39. The first kappa shape index (κ1) is 9.75. The van der Waals surface area contributed by atoms with E-state index in [-0.39, 0.29) is 0 Å². The van der Waals surface area contributed by atoms with Gasteiger partial charge in [-0.1, -0.05) is 6.07 Å². The first-order chi connectivity index (χ1) is 7.07. The lowest BCUT2D eigenvalue weighted by molar-refractivity contribution is -0.0597. The second-order valence-corrected chi connectivity index (χ2v) is 2.79. The fraction of sp³-hybridized carbons (Fsp3) is 0.250. The highest BCUT2D eigenvalue weighted by atomic mass is 19.4. The predicted octanol–water partition coefficient (Wildman–Crippen LogP) is 2.51. The zero-order valence-electron chi connectivity index (χ0n) is 7.31. The van der Waals surface area contributed by atoms with Crippen LogP contribution in [0.1, 0.15) is 11.9 Å². The molecule has 4 nitrogen and oxygen atoms in total. The van der Waals surface area contributed by atoms with Gasteiger partial charge in [0.05, 0.1) is 5.69 Å². The van der Waals surface area contributed by atoms with E-state index in [0.29, 0.717) is 5.69 Å². The number of alkyl halides is 3. The van der Waals surface area contributed by atoms with Gasteiger partial charge in [0.25, 0.3) is 5.84 Å². The SMILES string of the molecule is FC(F)(F)C1=NC(c2ccccn2)N=N1. The number of aromatic nitrogens is 1. The Balaban J connectivity index is 2.25. The molecule has 78 valence electrons. The Kier molecular flexibility index (Phi) is 2.22. The van der Waals surface area contributed by atoms with Crippen LogP contribution in [-0.2, 0) is 0 Å². The summed E-state index contributed by atoms with van der Waals surface area (Å²) in [5.74, 6) is -1.21. The number of amidine groups is 1. The van der Waals surface area contributed by atoms with E-state index >= 15 is 0 Å². The summed E-state index contributed by atoms with van der Waals surface area (Å²) in [6.45, 7) is 0. The topological polar surface area (TPSA) is 50.0 Å². The summed E-state index contributed by atoms with van der Waals surface area (Å²) >= 11 is 0. The van der Waals surface area contributed by atoms with Gasteiger partial charge >= 0.3 is 6.18 Å². The molecule has 1 aliphatic heterocycles. The molecule has 0 saturated carbocycles. The van der Waals surface area contributed by atoms with Gasteiger partial charge in [-0.2, -0.15) is 18.3 Å². The van der Waals surface area contributed by atoms with E-state index in [0.717, 1.165) is 0 Å². The minimum atomic E-state index is -4.55. The maximum Gasteiger partial charge on any atom is 0.453 e. The van der Waals surface area contributed by atoms with Crippen LogP contribution in [0.15, 0.2) is 39.6 Å². The van der Waals surface area contributed by atoms with Gasteiger partial charge in [-0.25, -0.2) is 4.99 Å². The Morgan fingerprint density at radius 2 is 2.00 bits per heavy atom. The maximum atomic E-state index is 12.1. The molecule has 0 bridgehead atoms. The molecule has 0 N–H and O–H groups in total. The molecule has 0 radical (unpaired) electrons. The Hall–Kier alpha value is -1.79. The van der Waals surface area contributed by atoms with Crippen LogP contribution in [0.3, 0.4) is 0 Å². The number of nitrogens with zero attached hydrogens (tertiary/aromatic N) is 4. The Morgan fingerprint density at radius 1 is 1.20 bits per heavy atom. The van der Waals surface area contributed by atoms with Gasteiger partial charge < -0.3 is 0 Å². The van der Waals surface area contributed by atoms with Crippen LogP contribution < -0.4 is 0 Å². The average Bonchev–Trinajstić information content (AvgIpc) is 2.67. The van der Waals surface area contributed by atoms with Gasteiger partial charge in [0.15, 0.2) is 0 Å². The predicted molar refractivity (Wildman–Crippen MR) is 45.3 cm³/mol. The number of halogens is 3. The first-order valence-electron chi connectivity index (χ1n) is 4.04. The molecule has 1 aliphatic rings. The number of rotatable bonds is 1. The van der Waals surface area contributed by atoms with Crippen LogP contribution in [0.5, 0.6) is 0 Å². The number of aliphatic imine (C=N–C) groups is 1. The Morgan fingerprint density at radius 3 is 2.53 bits per heavy atom. The van der Waals surface area contributed by atoms with Crippen molar-refractivity contribution in [1.29, 1.82) is 0 Å². The smallest absolute Gasteiger partial charge is 0.257 e. The van der Waals surface area contributed by atoms with Gasteiger partial charge in [-0.05, 0) is 12.1 Å². The molecular formula is C8H5F3N4. The minimum Gasteiger partial charge on any atom is -0.257 e. The van der Waals surface area contributed by atoms with Crippen molar-refractivity contribution in [3.63, 3.8) is 0 Å². The molecule has 1 aromatic heterocycles. The molecular weight excluding hydrogens is 209 g/mol. The molecule has 0 aromatic carbocycles. The summed E-state index contributed by atoms with van der Waals surface area (Å²) in [5.41, 5.74) is 0.348. The van der Waals surface area contributed by atoms with Crippen molar-refractivity contribution in [1.82, 2.24) is 4.98 Å². The van der Waals surface area contributed by atoms with Crippen LogP contribution in [-0.4, -0.2) is 17.0 Å². The monoisotopic (exact) mass is 214 g/mol. The number of hydrogen-bond donors (Lipinski definition) is 0. The zero-order chi connectivity index (χ0) is 10.9. The molecule has 2 rings (SSSR count). The molecule has 1 atom stereocenters. The van der Waals surface area contributed by atoms with Crippen LogP contribution in [0.25, 0.3) is 0 Å². The summed E-state index contributed by atoms with van der Waals surface area (Å²) in [7, 11) is 0. The Bertz CT molecular complexity index is 410. The number of azo groups is 1. The van der Waals surface area contributed by atoms with Crippen LogP contribution in [0.4, 0.5) is 13.2 Å². The molecule has 0 aliphatic carbocycles. The fourth-order valence-corrected chi connectivity index (χ4v) is 1.06. The summed E-state index contributed by atoms with van der Waals surface area (Å²) < 4.78 is 36.4. The van der Waals surface area contributed by atoms with E-state index < -0.39 is 18.2 Å². The molecule has 1 unspecified atom stereocenters. The summed E-state index contributed by atoms with van der Waals surface area (Å²) in [4.78, 5) is 7.17. The third-order valence-electron chi connectivity index (χ3n) is 1.71. The number of pyridine rings is 1. The van der Waals surface area contributed by atoms with Gasteiger partial charge in [0.2, 0.25) is 6.17 Å². The van der Waals surface area contributed by atoms with Crippen molar-refractivity contribution in [2.24, 2.45) is 15.2 Å². The van der Waals surface area contributed by atoms with Gasteiger partial charge in [0, 0.05) is 6.20 Å². The van der Waals surface area contributed by atoms with Crippen molar-refractivity contribution >= 4 is 5.84 Å². The van der Waals surface area contributed by atoms with Crippen molar-refractivity contribution in [3.8, 4) is 0 Å². The molecule has 0 spiro atoms. The standard InChI is InChI=1S/C8H5F3N4/c9-8(10,11)7-13-6(14-15-7)5-3-1-2-4-12-5/h1-4,6H. The second-order valence-electron chi connectivity index (χ2n) is 2.79. The van der Waals surface area contributed by atoms with Crippen LogP contribution >= 0.6 is 0 Å². The highest BCUT2D eigenvalue weighted by molar-refractivity contribution is 5.88. The van der Waals surface area contributed by atoms with Crippen molar-refractivity contribution in [3.05, 3.63) is 30.1 Å². The Labute approximate surface area is 82.6 Å². The highest BCUT2D eigenvalue weighted by Crippen LogP contribution is 2.28. The van der Waals surface area contributed by atoms with Crippen molar-refractivity contribution < 1.29 is 13.2 Å². The van der Waals surface area contributed by atoms with Crippen molar-refractivity contribution in [2.45, 2.75) is 12.3 Å². The fourth-order valence-electron chi connectivity index (χ4n) is 1.06. The van der Waals surface area contributed by atoms with E-state index in [4.69, 9.17) is 0 Å². The molecule has 2 heterocycles. The number of hydrogen-bond acceptors (Lipinski definition) is 4. The second kappa shape index (κ2) is 3.41. The molecule has 15 heavy (non-hydrogen) atoms. The van der Waals surface area contributed by atoms with Crippen LogP contribution in [0.2, 0.25) is 0 Å². The summed E-state index contributed by atoms with van der Waals surface area (Å²) in [6, 6.07) is 4.86.